The fourth-order valence-corrected chi connectivity index (χ4v) is 1.61. The third-order valence-corrected chi connectivity index (χ3v) is 2.67. The highest BCUT2D eigenvalue weighted by Gasteiger charge is 2.09. The second-order valence-corrected chi connectivity index (χ2v) is 4.29. The number of aryl methyl sites for hydroxylation is 1. The number of rotatable bonds is 5. The molecule has 0 saturated carbocycles. The van der Waals surface area contributed by atoms with Gasteiger partial charge in [-0.15, -0.1) is 11.3 Å². The first-order valence-electron chi connectivity index (χ1n) is 4.44. The van der Waals surface area contributed by atoms with E-state index in [4.69, 9.17) is 5.11 Å². The van der Waals surface area contributed by atoms with E-state index < -0.39 is 5.97 Å². The van der Waals surface area contributed by atoms with E-state index in [1.54, 1.807) is 18.3 Å². The zero-order valence-electron chi connectivity index (χ0n) is 8.28. The number of nitrogens with one attached hydrogen (secondary N) is 1. The second kappa shape index (κ2) is 5.07. The van der Waals surface area contributed by atoms with Gasteiger partial charge in [0.1, 0.15) is 0 Å². The lowest BCUT2D eigenvalue weighted by molar-refractivity contribution is -0.140. The molecule has 5 heteroatoms. The van der Waals surface area contributed by atoms with Gasteiger partial charge >= 0.3 is 5.97 Å². The molecule has 78 valence electrons. The topological polar surface area (TPSA) is 62.2 Å². The summed E-state index contributed by atoms with van der Waals surface area (Å²) < 4.78 is 0. The van der Waals surface area contributed by atoms with Crippen molar-refractivity contribution < 1.29 is 9.90 Å². The van der Waals surface area contributed by atoms with Crippen LogP contribution in [0.4, 0.5) is 0 Å². The van der Waals surface area contributed by atoms with Crippen molar-refractivity contribution in [3.05, 3.63) is 16.1 Å². The summed E-state index contributed by atoms with van der Waals surface area (Å²) in [5.74, 6) is -1.12. The minimum absolute atomic E-state index is 0.352. The lowest BCUT2D eigenvalue weighted by atomic mass is 10.2. The second-order valence-electron chi connectivity index (χ2n) is 3.23. The lowest BCUT2D eigenvalue weighted by Gasteiger charge is -2.06. The predicted molar refractivity (Wildman–Crippen MR) is 55.4 cm³/mol. The van der Waals surface area contributed by atoms with Crippen LogP contribution in [0.25, 0.3) is 0 Å². The summed E-state index contributed by atoms with van der Waals surface area (Å²) in [5, 5.41) is 14.7. The molecule has 14 heavy (non-hydrogen) atoms. The van der Waals surface area contributed by atoms with Gasteiger partial charge in [-0.1, -0.05) is 6.92 Å². The number of hydrogen-bond acceptors (Lipinski definition) is 4. The van der Waals surface area contributed by atoms with Crippen molar-refractivity contribution in [3.63, 3.8) is 0 Å². The van der Waals surface area contributed by atoms with Crippen LogP contribution in [-0.4, -0.2) is 22.6 Å². The largest absolute Gasteiger partial charge is 0.481 e. The van der Waals surface area contributed by atoms with E-state index in [-0.39, 0.29) is 5.92 Å². The van der Waals surface area contributed by atoms with E-state index in [0.717, 1.165) is 10.7 Å². The number of aromatic nitrogens is 1. The van der Waals surface area contributed by atoms with E-state index in [0.29, 0.717) is 13.1 Å². The summed E-state index contributed by atoms with van der Waals surface area (Å²) in [6.07, 6.45) is 0. The number of carbonyl (C=O) groups is 1. The Balaban J connectivity index is 2.25. The van der Waals surface area contributed by atoms with Crippen LogP contribution in [0.3, 0.4) is 0 Å². The summed E-state index contributed by atoms with van der Waals surface area (Å²) in [5.41, 5.74) is 0.977. The SMILES string of the molecule is Cc1nc(CNCC(C)C(=O)O)cs1. The Bertz CT molecular complexity index is 312. The van der Waals surface area contributed by atoms with Crippen LogP contribution in [-0.2, 0) is 11.3 Å². The first-order chi connectivity index (χ1) is 6.59. The number of thiazole rings is 1. The lowest BCUT2D eigenvalue weighted by Crippen LogP contribution is -2.25. The van der Waals surface area contributed by atoms with E-state index in [1.165, 1.54) is 0 Å². The molecule has 0 aliphatic carbocycles. The quantitative estimate of drug-likeness (QED) is 0.774. The molecule has 0 spiro atoms. The number of nitrogens with zero attached hydrogens (tertiary/aromatic N) is 1. The maximum atomic E-state index is 10.5. The van der Waals surface area contributed by atoms with Gasteiger partial charge in [0, 0.05) is 18.5 Å². The van der Waals surface area contributed by atoms with Crippen molar-refractivity contribution >= 4 is 17.3 Å². The van der Waals surface area contributed by atoms with E-state index >= 15 is 0 Å². The van der Waals surface area contributed by atoms with E-state index in [2.05, 4.69) is 10.3 Å². The van der Waals surface area contributed by atoms with E-state index in [1.807, 2.05) is 12.3 Å². The highest BCUT2D eigenvalue weighted by Crippen LogP contribution is 2.07. The Morgan fingerprint density at radius 1 is 1.79 bits per heavy atom. The zero-order chi connectivity index (χ0) is 10.6. The molecule has 0 bridgehead atoms. The number of hydrogen-bond donors (Lipinski definition) is 2. The highest BCUT2D eigenvalue weighted by molar-refractivity contribution is 7.09. The van der Waals surface area contributed by atoms with Crippen LogP contribution >= 0.6 is 11.3 Å². The molecule has 0 amide bonds. The van der Waals surface area contributed by atoms with Crippen molar-refractivity contribution in [2.45, 2.75) is 20.4 Å². The van der Waals surface area contributed by atoms with Crippen molar-refractivity contribution in [2.24, 2.45) is 5.92 Å². The molecule has 2 N–H and O–H groups in total. The normalized spacial score (nSPS) is 12.7. The minimum Gasteiger partial charge on any atom is -0.481 e. The Hall–Kier alpha value is -0.940. The van der Waals surface area contributed by atoms with Gasteiger partial charge in [0.2, 0.25) is 0 Å². The van der Waals surface area contributed by atoms with Gasteiger partial charge in [-0.25, -0.2) is 4.98 Å². The van der Waals surface area contributed by atoms with Crippen molar-refractivity contribution in [3.8, 4) is 0 Å². The molecule has 1 unspecified atom stereocenters. The molecule has 0 saturated heterocycles. The van der Waals surface area contributed by atoms with Crippen molar-refractivity contribution in [1.29, 1.82) is 0 Å². The Labute approximate surface area is 87.0 Å². The molecule has 0 fully saturated rings. The van der Waals surface area contributed by atoms with Gasteiger partial charge in [-0.3, -0.25) is 4.79 Å². The minimum atomic E-state index is -0.771. The maximum Gasteiger partial charge on any atom is 0.307 e. The molecule has 0 radical (unpaired) electrons. The maximum absolute atomic E-state index is 10.5. The molecular formula is C9H14N2O2S. The first kappa shape index (κ1) is 11.1. The Kier molecular flexibility index (Phi) is 4.03. The monoisotopic (exact) mass is 214 g/mol. The van der Waals surface area contributed by atoms with Crippen LogP contribution in [0.15, 0.2) is 5.38 Å². The van der Waals surface area contributed by atoms with Gasteiger partial charge in [-0.2, -0.15) is 0 Å². The Morgan fingerprint density at radius 2 is 2.50 bits per heavy atom. The smallest absolute Gasteiger partial charge is 0.307 e. The van der Waals surface area contributed by atoms with Crippen molar-refractivity contribution in [2.75, 3.05) is 6.54 Å². The standard InChI is InChI=1S/C9H14N2O2S/c1-6(9(12)13)3-10-4-8-5-14-7(2)11-8/h5-6,10H,3-4H2,1-2H3,(H,12,13). The summed E-state index contributed by atoms with van der Waals surface area (Å²) in [4.78, 5) is 14.8. The fourth-order valence-electron chi connectivity index (χ4n) is 0.993. The molecule has 1 heterocycles. The van der Waals surface area contributed by atoms with Gasteiger partial charge in [0.05, 0.1) is 16.6 Å². The van der Waals surface area contributed by atoms with Crippen LogP contribution in [0.2, 0.25) is 0 Å². The van der Waals surface area contributed by atoms with Gasteiger partial charge < -0.3 is 10.4 Å². The molecule has 1 atom stereocenters. The van der Waals surface area contributed by atoms with Gasteiger partial charge in [-0.05, 0) is 6.92 Å². The number of aliphatic carboxylic acids is 1. The molecule has 0 aliphatic heterocycles. The third kappa shape index (κ3) is 3.43. The summed E-state index contributed by atoms with van der Waals surface area (Å²) in [6, 6.07) is 0. The van der Waals surface area contributed by atoms with Crippen LogP contribution in [0, 0.1) is 12.8 Å². The summed E-state index contributed by atoms with van der Waals surface area (Å²) in [6.45, 7) is 4.75. The van der Waals surface area contributed by atoms with Gasteiger partial charge in [0.25, 0.3) is 0 Å². The number of carboxylic acid groups (broad SMARTS) is 1. The molecule has 0 aromatic carbocycles. The summed E-state index contributed by atoms with van der Waals surface area (Å²) >= 11 is 1.60. The van der Waals surface area contributed by atoms with Crippen LogP contribution < -0.4 is 5.32 Å². The number of carboxylic acids is 1. The first-order valence-corrected chi connectivity index (χ1v) is 5.32. The van der Waals surface area contributed by atoms with E-state index in [9.17, 15) is 4.79 Å². The van der Waals surface area contributed by atoms with Gasteiger partial charge in [0.15, 0.2) is 0 Å². The average Bonchev–Trinajstić information content (AvgIpc) is 2.51. The molecule has 1 rings (SSSR count). The molecule has 0 aliphatic rings. The van der Waals surface area contributed by atoms with Crippen LogP contribution in [0.5, 0.6) is 0 Å². The third-order valence-electron chi connectivity index (χ3n) is 1.84. The zero-order valence-corrected chi connectivity index (χ0v) is 9.10. The summed E-state index contributed by atoms with van der Waals surface area (Å²) in [7, 11) is 0. The van der Waals surface area contributed by atoms with Crippen LogP contribution in [0.1, 0.15) is 17.6 Å². The Morgan fingerprint density at radius 3 is 3.00 bits per heavy atom. The van der Waals surface area contributed by atoms with Crippen molar-refractivity contribution in [1.82, 2.24) is 10.3 Å². The predicted octanol–water partition coefficient (Wildman–Crippen LogP) is 1.26. The molecule has 1 aromatic heterocycles. The molecule has 4 nitrogen and oxygen atoms in total. The average molecular weight is 214 g/mol. The molecular weight excluding hydrogens is 200 g/mol. The fraction of sp³-hybridized carbons (Fsp3) is 0.556. The molecule has 1 aromatic rings. The highest BCUT2D eigenvalue weighted by atomic mass is 32.1.